The predicted octanol–water partition coefficient (Wildman–Crippen LogP) is 4.22. The first-order chi connectivity index (χ1) is 11.8. The van der Waals surface area contributed by atoms with E-state index in [1.165, 1.54) is 70.1 Å². The van der Waals surface area contributed by atoms with Gasteiger partial charge in [-0.05, 0) is 62.1 Å². The van der Waals surface area contributed by atoms with Crippen molar-refractivity contribution in [1.29, 1.82) is 0 Å². The third-order valence-corrected chi connectivity index (χ3v) is 6.91. The second kappa shape index (κ2) is 6.45. The maximum absolute atomic E-state index is 5.88. The van der Waals surface area contributed by atoms with Crippen molar-refractivity contribution >= 4 is 5.69 Å². The first-order valence-electron chi connectivity index (χ1n) is 9.78. The van der Waals surface area contributed by atoms with Gasteiger partial charge in [0.2, 0.25) is 0 Å². The van der Waals surface area contributed by atoms with E-state index >= 15 is 0 Å². The number of terminal acetylenes is 1. The van der Waals surface area contributed by atoms with Crippen molar-refractivity contribution in [2.75, 3.05) is 24.5 Å². The van der Waals surface area contributed by atoms with Crippen LogP contribution in [0.25, 0.3) is 0 Å². The Balaban J connectivity index is 1.28. The van der Waals surface area contributed by atoms with Gasteiger partial charge in [-0.15, -0.1) is 6.42 Å². The summed E-state index contributed by atoms with van der Waals surface area (Å²) in [4.78, 5) is 2.55. The summed E-state index contributed by atoms with van der Waals surface area (Å²) in [5.74, 6) is 3.95. The van der Waals surface area contributed by atoms with E-state index in [0.717, 1.165) is 12.5 Å². The maximum Gasteiger partial charge on any atom is 0.0798 e. The Kier molecular flexibility index (Phi) is 4.31. The number of rotatable bonds is 4. The lowest BCUT2D eigenvalue weighted by Gasteiger charge is -2.36. The lowest BCUT2D eigenvalue weighted by molar-refractivity contribution is 0.279. The van der Waals surface area contributed by atoms with Crippen molar-refractivity contribution in [2.24, 2.45) is 11.3 Å². The molecule has 0 aromatic heterocycles. The molecule has 3 fully saturated rings. The van der Waals surface area contributed by atoms with Crippen molar-refractivity contribution in [3.63, 3.8) is 0 Å². The minimum absolute atomic E-state index is 0.00672. The van der Waals surface area contributed by atoms with Gasteiger partial charge < -0.3 is 10.2 Å². The topological polar surface area (TPSA) is 15.3 Å². The zero-order valence-corrected chi connectivity index (χ0v) is 14.8. The highest BCUT2D eigenvalue weighted by atomic mass is 15.1. The third kappa shape index (κ3) is 3.07. The summed E-state index contributed by atoms with van der Waals surface area (Å²) in [6, 6.07) is 10.9. The van der Waals surface area contributed by atoms with Crippen LogP contribution in [0.1, 0.15) is 51.4 Å². The first kappa shape index (κ1) is 16.0. The van der Waals surface area contributed by atoms with E-state index in [2.05, 4.69) is 46.5 Å². The maximum atomic E-state index is 5.88. The van der Waals surface area contributed by atoms with E-state index in [9.17, 15) is 0 Å². The summed E-state index contributed by atoms with van der Waals surface area (Å²) in [5, 5.41) is 3.81. The van der Waals surface area contributed by atoms with Crippen molar-refractivity contribution < 1.29 is 0 Å². The van der Waals surface area contributed by atoms with Crippen molar-refractivity contribution in [1.82, 2.24) is 5.32 Å². The van der Waals surface area contributed by atoms with Crippen LogP contribution in [0.2, 0.25) is 0 Å². The van der Waals surface area contributed by atoms with Crippen LogP contribution in [0.15, 0.2) is 30.3 Å². The Morgan fingerprint density at radius 2 is 1.75 bits per heavy atom. The monoisotopic (exact) mass is 322 g/mol. The quantitative estimate of drug-likeness (QED) is 0.835. The largest absolute Gasteiger partial charge is 0.371 e. The summed E-state index contributed by atoms with van der Waals surface area (Å²) >= 11 is 0. The average Bonchev–Trinajstić information content (AvgIpc) is 3.34. The zero-order valence-electron chi connectivity index (χ0n) is 14.8. The Bertz CT molecular complexity index is 586. The molecule has 1 heterocycles. The second-order valence-corrected chi connectivity index (χ2v) is 8.25. The second-order valence-electron chi connectivity index (χ2n) is 8.25. The molecule has 1 saturated heterocycles. The molecule has 1 spiro atoms. The Hall–Kier alpha value is -1.46. The van der Waals surface area contributed by atoms with Gasteiger partial charge in [-0.1, -0.05) is 43.4 Å². The fourth-order valence-corrected chi connectivity index (χ4v) is 5.03. The Morgan fingerprint density at radius 3 is 2.42 bits per heavy atom. The van der Waals surface area contributed by atoms with E-state index in [1.807, 2.05) is 0 Å². The number of anilines is 1. The van der Waals surface area contributed by atoms with E-state index in [1.54, 1.807) is 0 Å². The lowest BCUT2D eigenvalue weighted by atomic mass is 9.82. The van der Waals surface area contributed by atoms with Crippen molar-refractivity contribution in [2.45, 2.75) is 56.9 Å². The molecule has 2 aliphatic carbocycles. The molecule has 24 heavy (non-hydrogen) atoms. The first-order valence-corrected chi connectivity index (χ1v) is 9.78. The van der Waals surface area contributed by atoms with Gasteiger partial charge in [-0.3, -0.25) is 0 Å². The van der Waals surface area contributed by atoms with Crippen LogP contribution in [0.5, 0.6) is 0 Å². The van der Waals surface area contributed by atoms with Crippen LogP contribution in [0.4, 0.5) is 5.69 Å². The minimum Gasteiger partial charge on any atom is -0.371 e. The number of nitrogens with one attached hydrogen (secondary N) is 1. The SMILES string of the molecule is C#CC1(NCC2CC23CCN(c2ccccc2)CC3)CCCCC1. The van der Waals surface area contributed by atoms with Gasteiger partial charge in [0.25, 0.3) is 0 Å². The van der Waals surface area contributed by atoms with Gasteiger partial charge in [0, 0.05) is 18.8 Å². The van der Waals surface area contributed by atoms with Crippen molar-refractivity contribution in [3.05, 3.63) is 30.3 Å². The van der Waals surface area contributed by atoms with Gasteiger partial charge in [-0.2, -0.15) is 0 Å². The van der Waals surface area contributed by atoms with Crippen molar-refractivity contribution in [3.8, 4) is 12.3 Å². The molecule has 2 heteroatoms. The molecule has 3 aliphatic rings. The molecular weight excluding hydrogens is 292 g/mol. The molecule has 1 aliphatic heterocycles. The number of para-hydroxylation sites is 1. The fourth-order valence-electron chi connectivity index (χ4n) is 5.03. The van der Waals surface area contributed by atoms with E-state index in [-0.39, 0.29) is 5.54 Å². The molecule has 2 saturated carbocycles. The average molecular weight is 322 g/mol. The molecule has 2 nitrogen and oxygen atoms in total. The number of nitrogens with zero attached hydrogens (tertiary/aromatic N) is 1. The standard InChI is InChI=1S/C22H30N2/c1-2-22(11-7-4-8-12-22)23-18-19-17-21(19)13-15-24(16-14-21)20-9-5-3-6-10-20/h1,3,5-6,9-10,19,23H,4,7-8,11-18H2. The molecule has 1 aromatic rings. The highest BCUT2D eigenvalue weighted by molar-refractivity contribution is 5.46. The highest BCUT2D eigenvalue weighted by Crippen LogP contribution is 2.59. The normalized spacial score (nSPS) is 27.6. The summed E-state index contributed by atoms with van der Waals surface area (Å²) in [6.07, 6.45) is 16.3. The number of hydrogen-bond donors (Lipinski definition) is 1. The summed E-state index contributed by atoms with van der Waals surface area (Å²) in [6.45, 7) is 3.55. The molecule has 128 valence electrons. The number of benzene rings is 1. The van der Waals surface area contributed by atoms with Gasteiger partial charge in [0.15, 0.2) is 0 Å². The smallest absolute Gasteiger partial charge is 0.0798 e. The zero-order chi connectivity index (χ0) is 16.5. The highest BCUT2D eigenvalue weighted by Gasteiger charge is 2.54. The van der Waals surface area contributed by atoms with Gasteiger partial charge in [-0.25, -0.2) is 0 Å². The van der Waals surface area contributed by atoms with E-state index < -0.39 is 0 Å². The van der Waals surface area contributed by atoms with E-state index in [0.29, 0.717) is 5.41 Å². The Morgan fingerprint density at radius 1 is 1.04 bits per heavy atom. The molecule has 1 atom stereocenters. The minimum atomic E-state index is 0.00672. The fraction of sp³-hybridized carbons (Fsp3) is 0.636. The lowest BCUT2D eigenvalue weighted by Crippen LogP contribution is -2.47. The molecule has 1 unspecified atom stereocenters. The van der Waals surface area contributed by atoms with Crippen LogP contribution in [-0.2, 0) is 0 Å². The van der Waals surface area contributed by atoms with Crippen LogP contribution < -0.4 is 10.2 Å². The number of hydrogen-bond acceptors (Lipinski definition) is 2. The van der Waals surface area contributed by atoms with Crippen LogP contribution >= 0.6 is 0 Å². The van der Waals surface area contributed by atoms with Gasteiger partial charge >= 0.3 is 0 Å². The van der Waals surface area contributed by atoms with Gasteiger partial charge in [0.05, 0.1) is 5.54 Å². The van der Waals surface area contributed by atoms with E-state index in [4.69, 9.17) is 6.42 Å². The number of piperidine rings is 1. The predicted molar refractivity (Wildman–Crippen MR) is 101 cm³/mol. The molecular formula is C22H30N2. The summed E-state index contributed by atoms with van der Waals surface area (Å²) in [5.41, 5.74) is 2.01. The molecule has 0 amide bonds. The molecule has 0 radical (unpaired) electrons. The summed E-state index contributed by atoms with van der Waals surface area (Å²) < 4.78 is 0. The Labute approximate surface area is 147 Å². The third-order valence-electron chi connectivity index (χ3n) is 6.91. The molecule has 0 bridgehead atoms. The van der Waals surface area contributed by atoms with Gasteiger partial charge in [0.1, 0.15) is 0 Å². The van der Waals surface area contributed by atoms with Crippen LogP contribution in [0.3, 0.4) is 0 Å². The molecule has 1 aromatic carbocycles. The van der Waals surface area contributed by atoms with Crippen LogP contribution in [0, 0.1) is 23.7 Å². The molecule has 1 N–H and O–H groups in total. The molecule has 4 rings (SSSR count). The summed E-state index contributed by atoms with van der Waals surface area (Å²) in [7, 11) is 0. The van der Waals surface area contributed by atoms with Crippen LogP contribution in [-0.4, -0.2) is 25.2 Å².